The Morgan fingerprint density at radius 3 is 2.06 bits per heavy atom. The maximum Gasteiger partial charge on any atom is 0.213 e. The van der Waals surface area contributed by atoms with E-state index < -0.39 is 10.0 Å². The molecule has 18 heavy (non-hydrogen) atoms. The number of hydrogen-bond donors (Lipinski definition) is 2. The van der Waals surface area contributed by atoms with Gasteiger partial charge in [0, 0.05) is 25.2 Å². The van der Waals surface area contributed by atoms with Crippen molar-refractivity contribution < 1.29 is 8.42 Å². The highest BCUT2D eigenvalue weighted by atomic mass is 32.2. The van der Waals surface area contributed by atoms with E-state index in [1.807, 2.05) is 46.7 Å². The zero-order valence-electron chi connectivity index (χ0n) is 12.5. The van der Waals surface area contributed by atoms with E-state index in [1.54, 1.807) is 0 Å². The van der Waals surface area contributed by atoms with Crippen molar-refractivity contribution in [2.75, 3.05) is 32.9 Å². The normalized spacial score (nSPS) is 14.7. The second-order valence-corrected chi connectivity index (χ2v) is 7.53. The van der Waals surface area contributed by atoms with Crippen LogP contribution in [0.25, 0.3) is 0 Å². The van der Waals surface area contributed by atoms with Gasteiger partial charge in [-0.1, -0.05) is 27.7 Å². The third kappa shape index (κ3) is 8.85. The molecule has 2 N–H and O–H groups in total. The van der Waals surface area contributed by atoms with E-state index in [9.17, 15) is 8.42 Å². The van der Waals surface area contributed by atoms with Crippen LogP contribution < -0.4 is 10.0 Å². The van der Waals surface area contributed by atoms with Gasteiger partial charge in [0.25, 0.3) is 0 Å². The van der Waals surface area contributed by atoms with Crippen LogP contribution in [0.15, 0.2) is 0 Å². The van der Waals surface area contributed by atoms with Crippen molar-refractivity contribution in [1.29, 1.82) is 0 Å². The topological polar surface area (TPSA) is 61.4 Å². The number of sulfonamides is 1. The van der Waals surface area contributed by atoms with Crippen molar-refractivity contribution in [3.63, 3.8) is 0 Å². The Hall–Kier alpha value is -0.170. The molecule has 0 bridgehead atoms. The second kappa shape index (κ2) is 8.09. The molecule has 5 nitrogen and oxygen atoms in total. The lowest BCUT2D eigenvalue weighted by Crippen LogP contribution is -2.46. The van der Waals surface area contributed by atoms with Gasteiger partial charge in [-0.2, -0.15) is 0 Å². The van der Waals surface area contributed by atoms with Gasteiger partial charge in [0.05, 0.1) is 5.75 Å². The Morgan fingerprint density at radius 2 is 1.67 bits per heavy atom. The average Bonchev–Trinajstić information content (AvgIpc) is 2.14. The van der Waals surface area contributed by atoms with Gasteiger partial charge < -0.3 is 10.2 Å². The number of rotatable bonds is 9. The molecule has 0 rings (SSSR count). The van der Waals surface area contributed by atoms with Gasteiger partial charge in [-0.05, 0) is 20.0 Å². The second-order valence-electron chi connectivity index (χ2n) is 5.66. The summed E-state index contributed by atoms with van der Waals surface area (Å²) in [5, 5.41) is 3.12. The molecule has 0 aliphatic rings. The highest BCUT2D eigenvalue weighted by Gasteiger charge is 2.21. The lowest BCUT2D eigenvalue weighted by Gasteiger charge is -2.25. The van der Waals surface area contributed by atoms with Gasteiger partial charge in [-0.25, -0.2) is 13.1 Å². The highest BCUT2D eigenvalue weighted by Crippen LogP contribution is 2.04. The molecule has 0 aliphatic heterocycles. The summed E-state index contributed by atoms with van der Waals surface area (Å²) in [5.41, 5.74) is 0. The summed E-state index contributed by atoms with van der Waals surface area (Å²) >= 11 is 0. The summed E-state index contributed by atoms with van der Waals surface area (Å²) in [4.78, 5) is 2.00. The molecule has 0 fully saturated rings. The van der Waals surface area contributed by atoms with Crippen LogP contribution in [0.1, 0.15) is 27.7 Å². The molecule has 0 amide bonds. The van der Waals surface area contributed by atoms with Crippen molar-refractivity contribution in [2.45, 2.75) is 39.8 Å². The maximum absolute atomic E-state index is 11.9. The van der Waals surface area contributed by atoms with E-state index >= 15 is 0 Å². The quantitative estimate of drug-likeness (QED) is 0.645. The molecule has 0 saturated heterocycles. The minimum absolute atomic E-state index is 0.0379. The Bertz CT molecular complexity index is 313. The van der Waals surface area contributed by atoms with Crippen LogP contribution in [-0.4, -0.2) is 58.3 Å². The van der Waals surface area contributed by atoms with Gasteiger partial charge in [-0.3, -0.25) is 0 Å². The fraction of sp³-hybridized carbons (Fsp3) is 1.00. The summed E-state index contributed by atoms with van der Waals surface area (Å²) in [6.45, 7) is 9.27. The van der Waals surface area contributed by atoms with Crippen LogP contribution in [0.3, 0.4) is 0 Å². The molecule has 0 aromatic carbocycles. The van der Waals surface area contributed by atoms with Crippen LogP contribution in [-0.2, 0) is 10.0 Å². The molecule has 6 heteroatoms. The molecule has 0 spiro atoms. The first-order valence-electron chi connectivity index (χ1n) is 6.52. The average molecular weight is 279 g/mol. The molecule has 110 valence electrons. The Morgan fingerprint density at radius 1 is 1.11 bits per heavy atom. The van der Waals surface area contributed by atoms with Gasteiger partial charge in [0.1, 0.15) is 0 Å². The SMILES string of the molecule is CC(C)NCCS(=O)(=O)NC(CN(C)C)C(C)C. The van der Waals surface area contributed by atoms with Crippen molar-refractivity contribution in [3.05, 3.63) is 0 Å². The van der Waals surface area contributed by atoms with E-state index in [-0.39, 0.29) is 17.7 Å². The van der Waals surface area contributed by atoms with Crippen LogP contribution in [0.2, 0.25) is 0 Å². The number of likely N-dealkylation sites (N-methyl/N-ethyl adjacent to an activating group) is 1. The fourth-order valence-electron chi connectivity index (χ4n) is 1.55. The van der Waals surface area contributed by atoms with Crippen molar-refractivity contribution in [1.82, 2.24) is 14.9 Å². The molecule has 0 aliphatic carbocycles. The third-order valence-corrected chi connectivity index (χ3v) is 4.02. The fourth-order valence-corrected chi connectivity index (χ4v) is 2.86. The Kier molecular flexibility index (Phi) is 8.02. The molecule has 0 aromatic rings. The lowest BCUT2D eigenvalue weighted by atomic mass is 10.1. The van der Waals surface area contributed by atoms with Crippen LogP contribution in [0.5, 0.6) is 0 Å². The van der Waals surface area contributed by atoms with Crippen molar-refractivity contribution >= 4 is 10.0 Å². The first-order valence-corrected chi connectivity index (χ1v) is 8.17. The van der Waals surface area contributed by atoms with E-state index in [4.69, 9.17) is 0 Å². The molecule has 0 aromatic heterocycles. The Labute approximate surface area is 112 Å². The smallest absolute Gasteiger partial charge is 0.213 e. The van der Waals surface area contributed by atoms with E-state index in [0.29, 0.717) is 19.1 Å². The first kappa shape index (κ1) is 17.8. The van der Waals surface area contributed by atoms with Gasteiger partial charge in [-0.15, -0.1) is 0 Å². The third-order valence-electron chi connectivity index (χ3n) is 2.62. The minimum atomic E-state index is -3.21. The Balaban J connectivity index is 4.33. The molecular weight excluding hydrogens is 250 g/mol. The summed E-state index contributed by atoms with van der Waals surface area (Å²) in [6, 6.07) is 0.270. The number of hydrogen-bond acceptors (Lipinski definition) is 4. The molecular formula is C12H29N3O2S. The summed E-state index contributed by atoms with van der Waals surface area (Å²) in [7, 11) is 0.691. The minimum Gasteiger partial charge on any atom is -0.313 e. The van der Waals surface area contributed by atoms with Crippen molar-refractivity contribution in [2.24, 2.45) is 5.92 Å². The standard InChI is InChI=1S/C12H29N3O2S/c1-10(2)12(9-15(5)6)14-18(16,17)8-7-13-11(3)4/h10-14H,7-9H2,1-6H3. The van der Waals surface area contributed by atoms with Gasteiger partial charge in [0.2, 0.25) is 10.0 Å². The zero-order valence-corrected chi connectivity index (χ0v) is 13.3. The molecule has 0 heterocycles. The number of nitrogens with one attached hydrogen (secondary N) is 2. The van der Waals surface area contributed by atoms with Crippen molar-refractivity contribution in [3.8, 4) is 0 Å². The van der Waals surface area contributed by atoms with Crippen LogP contribution in [0, 0.1) is 5.92 Å². The first-order chi connectivity index (χ1) is 8.14. The maximum atomic E-state index is 11.9. The van der Waals surface area contributed by atoms with Gasteiger partial charge >= 0.3 is 0 Å². The van der Waals surface area contributed by atoms with E-state index in [1.165, 1.54) is 0 Å². The van der Waals surface area contributed by atoms with Crippen LogP contribution >= 0.6 is 0 Å². The van der Waals surface area contributed by atoms with Gasteiger partial charge in [0.15, 0.2) is 0 Å². The molecule has 1 unspecified atom stereocenters. The summed E-state index contributed by atoms with van der Waals surface area (Å²) < 4.78 is 26.7. The predicted octanol–water partition coefficient (Wildman–Crippen LogP) is 0.490. The molecule has 1 atom stereocenters. The zero-order chi connectivity index (χ0) is 14.3. The monoisotopic (exact) mass is 279 g/mol. The lowest BCUT2D eigenvalue weighted by molar-refractivity contribution is 0.314. The van der Waals surface area contributed by atoms with E-state index in [0.717, 1.165) is 0 Å². The van der Waals surface area contributed by atoms with E-state index in [2.05, 4.69) is 10.0 Å². The predicted molar refractivity (Wildman–Crippen MR) is 77.2 cm³/mol. The summed E-state index contributed by atoms with van der Waals surface area (Å²) in [5.74, 6) is 0.405. The largest absolute Gasteiger partial charge is 0.313 e. The summed E-state index contributed by atoms with van der Waals surface area (Å²) in [6.07, 6.45) is 0. The molecule has 0 radical (unpaired) electrons. The molecule has 0 saturated carbocycles. The highest BCUT2D eigenvalue weighted by molar-refractivity contribution is 7.89. The number of nitrogens with zero attached hydrogens (tertiary/aromatic N) is 1. The van der Waals surface area contributed by atoms with Crippen LogP contribution in [0.4, 0.5) is 0 Å².